The number of hydrogen-bond donors (Lipinski definition) is 3. The summed E-state index contributed by atoms with van der Waals surface area (Å²) in [5.74, 6) is 3.09. The van der Waals surface area contributed by atoms with Crippen LogP contribution in [0.15, 0.2) is 0 Å². The Hall–Kier alpha value is -0.760. The van der Waals surface area contributed by atoms with Crippen molar-refractivity contribution in [1.82, 2.24) is 16.5 Å². The Morgan fingerprint density at radius 3 is 1.85 bits per heavy atom. The highest BCUT2D eigenvalue weighted by molar-refractivity contribution is 4.94. The Bertz CT molecular complexity index is 236. The van der Waals surface area contributed by atoms with E-state index in [4.69, 9.17) is 4.84 Å². The van der Waals surface area contributed by atoms with E-state index in [0.29, 0.717) is 0 Å². The number of rotatable bonds is 0. The maximum absolute atomic E-state index is 5.22. The van der Waals surface area contributed by atoms with Crippen molar-refractivity contribution < 1.29 is 4.84 Å². The molecule has 0 atom stereocenters. The SMILES string of the molecule is C1#CNNNOCCCCCCCCCCCCCC1. The van der Waals surface area contributed by atoms with Crippen LogP contribution in [-0.2, 0) is 4.84 Å². The Morgan fingerprint density at radius 1 is 0.650 bits per heavy atom. The van der Waals surface area contributed by atoms with Crippen molar-refractivity contribution in [3.63, 3.8) is 0 Å². The first-order chi connectivity index (χ1) is 10.0. The van der Waals surface area contributed by atoms with Crippen LogP contribution in [0.1, 0.15) is 83.5 Å². The second kappa shape index (κ2) is 14.6. The van der Waals surface area contributed by atoms with Gasteiger partial charge in [-0.25, -0.2) is 0 Å². The Kier molecular flexibility index (Phi) is 12.7. The molecule has 1 rings (SSSR count). The van der Waals surface area contributed by atoms with E-state index in [1.54, 1.807) is 0 Å². The Balaban J connectivity index is 2.08. The quantitative estimate of drug-likeness (QED) is 0.594. The predicted octanol–water partition coefficient (Wildman–Crippen LogP) is 3.56. The molecule has 0 spiro atoms. The molecule has 0 saturated heterocycles. The fourth-order valence-corrected chi connectivity index (χ4v) is 2.41. The van der Waals surface area contributed by atoms with E-state index >= 15 is 0 Å². The summed E-state index contributed by atoms with van der Waals surface area (Å²) >= 11 is 0. The molecule has 0 saturated carbocycles. The van der Waals surface area contributed by atoms with Crippen molar-refractivity contribution in [2.75, 3.05) is 6.61 Å². The molecule has 20 heavy (non-hydrogen) atoms. The van der Waals surface area contributed by atoms with Gasteiger partial charge in [0.25, 0.3) is 0 Å². The smallest absolute Gasteiger partial charge is 0.0699 e. The van der Waals surface area contributed by atoms with Crippen LogP contribution in [0.2, 0.25) is 0 Å². The first kappa shape index (κ1) is 17.3. The fraction of sp³-hybridized carbons (Fsp3) is 0.875. The number of nitrogens with one attached hydrogen (secondary N) is 3. The maximum atomic E-state index is 5.22. The van der Waals surface area contributed by atoms with Crippen LogP contribution in [-0.4, -0.2) is 6.61 Å². The zero-order chi connectivity index (χ0) is 14.1. The van der Waals surface area contributed by atoms with Crippen LogP contribution in [0.3, 0.4) is 0 Å². The summed E-state index contributed by atoms with van der Waals surface area (Å²) in [5.41, 5.74) is 8.12. The summed E-state index contributed by atoms with van der Waals surface area (Å²) in [6.45, 7) is 0.738. The minimum Gasteiger partial charge on any atom is -0.285 e. The highest BCUT2D eigenvalue weighted by Gasteiger charge is 1.94. The van der Waals surface area contributed by atoms with Crippen molar-refractivity contribution >= 4 is 0 Å². The van der Waals surface area contributed by atoms with Gasteiger partial charge in [0.15, 0.2) is 0 Å². The second-order valence-electron chi connectivity index (χ2n) is 5.49. The monoisotopic (exact) mass is 281 g/mol. The summed E-state index contributed by atoms with van der Waals surface area (Å²) in [7, 11) is 0. The Morgan fingerprint density at radius 2 is 1.20 bits per heavy atom. The molecule has 0 unspecified atom stereocenters. The minimum absolute atomic E-state index is 0.738. The summed E-state index contributed by atoms with van der Waals surface area (Å²) in [4.78, 5) is 5.22. The van der Waals surface area contributed by atoms with Crippen LogP contribution < -0.4 is 16.5 Å². The molecular formula is C16H31N3O. The highest BCUT2D eigenvalue weighted by atomic mass is 16.7. The van der Waals surface area contributed by atoms with E-state index in [-0.39, 0.29) is 0 Å². The summed E-state index contributed by atoms with van der Waals surface area (Å²) < 4.78 is 0. The summed E-state index contributed by atoms with van der Waals surface area (Å²) in [5, 5.41) is 0. The lowest BCUT2D eigenvalue weighted by atomic mass is 10.0. The van der Waals surface area contributed by atoms with Gasteiger partial charge in [-0.05, 0) is 12.8 Å². The van der Waals surface area contributed by atoms with E-state index < -0.39 is 0 Å². The van der Waals surface area contributed by atoms with Gasteiger partial charge in [0.2, 0.25) is 0 Å². The molecule has 1 aliphatic heterocycles. The Labute approximate surface area is 124 Å². The molecular weight excluding hydrogens is 250 g/mol. The fourth-order valence-electron chi connectivity index (χ4n) is 2.41. The molecule has 116 valence electrons. The van der Waals surface area contributed by atoms with Gasteiger partial charge in [0.05, 0.1) is 6.61 Å². The second-order valence-corrected chi connectivity index (χ2v) is 5.49. The lowest BCUT2D eigenvalue weighted by Gasteiger charge is -2.06. The van der Waals surface area contributed by atoms with Gasteiger partial charge in [-0.1, -0.05) is 70.1 Å². The van der Waals surface area contributed by atoms with Gasteiger partial charge in [-0.2, -0.15) is 0 Å². The van der Waals surface area contributed by atoms with Crippen molar-refractivity contribution in [3.8, 4) is 12.0 Å². The maximum Gasteiger partial charge on any atom is 0.0699 e. The van der Waals surface area contributed by atoms with Gasteiger partial charge >= 0.3 is 0 Å². The molecule has 0 aliphatic carbocycles. The van der Waals surface area contributed by atoms with E-state index in [9.17, 15) is 0 Å². The standard InChI is InChI=1S/C16H31N3O/c1-2-4-6-8-10-12-14-16-20-19-18-17-15-13-11-9-7-5-3-1/h17-19H,1-12,14,16H2. The molecule has 1 heterocycles. The van der Waals surface area contributed by atoms with Crippen molar-refractivity contribution in [2.45, 2.75) is 83.5 Å². The van der Waals surface area contributed by atoms with Crippen molar-refractivity contribution in [3.05, 3.63) is 0 Å². The molecule has 0 aromatic carbocycles. The molecule has 0 aromatic heterocycles. The molecule has 3 N–H and O–H groups in total. The summed E-state index contributed by atoms with van der Waals surface area (Å²) in [6.07, 6.45) is 17.0. The van der Waals surface area contributed by atoms with Crippen LogP contribution in [0.5, 0.6) is 0 Å². The van der Waals surface area contributed by atoms with Gasteiger partial charge in [-0.15, -0.1) is 11.1 Å². The van der Waals surface area contributed by atoms with Gasteiger partial charge < -0.3 is 0 Å². The molecule has 0 amide bonds. The third kappa shape index (κ3) is 12.3. The average molecular weight is 281 g/mol. The highest BCUT2D eigenvalue weighted by Crippen LogP contribution is 2.12. The molecule has 4 nitrogen and oxygen atoms in total. The molecule has 0 aromatic rings. The molecule has 1 aliphatic rings. The normalized spacial score (nSPS) is 22.0. The largest absolute Gasteiger partial charge is 0.285 e. The van der Waals surface area contributed by atoms with Crippen molar-refractivity contribution in [2.24, 2.45) is 0 Å². The molecule has 0 fully saturated rings. The average Bonchev–Trinajstić information content (AvgIpc) is 2.46. The third-order valence-electron chi connectivity index (χ3n) is 3.63. The van der Waals surface area contributed by atoms with Crippen LogP contribution in [0.25, 0.3) is 0 Å². The topological polar surface area (TPSA) is 45.3 Å². The van der Waals surface area contributed by atoms with E-state index in [2.05, 4.69) is 28.5 Å². The molecule has 0 bridgehead atoms. The third-order valence-corrected chi connectivity index (χ3v) is 3.63. The lowest BCUT2D eigenvalue weighted by Crippen LogP contribution is -2.40. The molecule has 4 heteroatoms. The zero-order valence-corrected chi connectivity index (χ0v) is 12.8. The van der Waals surface area contributed by atoms with Crippen LogP contribution in [0.4, 0.5) is 0 Å². The number of hydrogen-bond acceptors (Lipinski definition) is 4. The van der Waals surface area contributed by atoms with E-state index in [1.165, 1.54) is 70.6 Å². The van der Waals surface area contributed by atoms with E-state index in [0.717, 1.165) is 19.4 Å². The van der Waals surface area contributed by atoms with Crippen LogP contribution in [0, 0.1) is 12.0 Å². The molecule has 0 radical (unpaired) electrons. The van der Waals surface area contributed by atoms with E-state index in [1.807, 2.05) is 0 Å². The van der Waals surface area contributed by atoms with Gasteiger partial charge in [0, 0.05) is 12.5 Å². The van der Waals surface area contributed by atoms with Crippen molar-refractivity contribution in [1.29, 1.82) is 0 Å². The zero-order valence-electron chi connectivity index (χ0n) is 12.8. The predicted molar refractivity (Wildman–Crippen MR) is 83.2 cm³/mol. The lowest BCUT2D eigenvalue weighted by molar-refractivity contribution is 0.00234. The van der Waals surface area contributed by atoms with Gasteiger partial charge in [-0.3, -0.25) is 10.3 Å². The number of hydrazine groups is 2. The van der Waals surface area contributed by atoms with Gasteiger partial charge in [0.1, 0.15) is 0 Å². The first-order valence-electron chi connectivity index (χ1n) is 8.35. The minimum atomic E-state index is 0.738. The summed E-state index contributed by atoms with van der Waals surface area (Å²) in [6, 6.07) is 2.85. The first-order valence-corrected chi connectivity index (χ1v) is 8.35. The van der Waals surface area contributed by atoms with Crippen LogP contribution >= 0.6 is 0 Å².